The van der Waals surface area contributed by atoms with Crippen LogP contribution in [-0.2, 0) is 23.9 Å². The Balaban J connectivity index is 2.23. The number of nitrogens with zero attached hydrogens (tertiary/aromatic N) is 1. The van der Waals surface area contributed by atoms with Gasteiger partial charge in [-0.3, -0.25) is 24.1 Å². The number of amides is 2. The van der Waals surface area contributed by atoms with Crippen LogP contribution in [0, 0.1) is 0 Å². The highest BCUT2D eigenvalue weighted by atomic mass is 16.5. The first kappa shape index (κ1) is 14.3. The first-order chi connectivity index (χ1) is 8.54. The van der Waals surface area contributed by atoms with Crippen molar-refractivity contribution >= 4 is 23.6 Å². The van der Waals surface area contributed by atoms with Gasteiger partial charge in [-0.25, -0.2) is 0 Å². The lowest BCUT2D eigenvalue weighted by atomic mass is 10.1. The Kier molecular flexibility index (Phi) is 5.48. The van der Waals surface area contributed by atoms with Crippen LogP contribution in [0.15, 0.2) is 0 Å². The van der Waals surface area contributed by atoms with Crippen LogP contribution in [-0.4, -0.2) is 41.6 Å². The van der Waals surface area contributed by atoms with Crippen molar-refractivity contribution in [3.63, 3.8) is 0 Å². The van der Waals surface area contributed by atoms with E-state index in [4.69, 9.17) is 4.74 Å². The molecule has 1 aliphatic heterocycles. The lowest BCUT2D eigenvalue weighted by Crippen LogP contribution is -2.34. The second-order valence-electron chi connectivity index (χ2n) is 4.07. The van der Waals surface area contributed by atoms with E-state index >= 15 is 0 Å². The summed E-state index contributed by atoms with van der Waals surface area (Å²) in [6, 6.07) is 0. The summed E-state index contributed by atoms with van der Waals surface area (Å²) in [4.78, 5) is 46.1. The molecule has 6 heteroatoms. The number of Topliss-reactive ketones (excluding diaryl/α,β-unsaturated/α-hetero) is 1. The fraction of sp³-hybridized carbons (Fsp3) is 0.667. The maximum Gasteiger partial charge on any atom is 0.305 e. The highest BCUT2D eigenvalue weighted by molar-refractivity contribution is 6.04. The van der Waals surface area contributed by atoms with E-state index in [1.54, 1.807) is 6.92 Å². The molecule has 0 aromatic heterocycles. The lowest BCUT2D eigenvalue weighted by molar-refractivity contribution is -0.144. The summed E-state index contributed by atoms with van der Waals surface area (Å²) in [6.45, 7) is 1.87. The van der Waals surface area contributed by atoms with Crippen LogP contribution in [0.4, 0.5) is 0 Å². The molecule has 1 heterocycles. The fourth-order valence-corrected chi connectivity index (χ4v) is 1.72. The standard InChI is InChI=1S/C12H17NO5/c1-2-18-12(17)5-3-4-9(14)8-13-10(15)6-7-11(13)16/h2-8H2,1H3. The molecule has 0 radical (unpaired) electrons. The molecule has 18 heavy (non-hydrogen) atoms. The molecule has 0 spiro atoms. The summed E-state index contributed by atoms with van der Waals surface area (Å²) in [5.74, 6) is -1.13. The minimum absolute atomic E-state index is 0.166. The molecule has 6 nitrogen and oxygen atoms in total. The molecule has 0 aliphatic carbocycles. The molecule has 0 aromatic carbocycles. The predicted octanol–water partition coefficient (Wildman–Crippen LogP) is 0.438. The minimum atomic E-state index is -0.335. The number of esters is 1. The van der Waals surface area contributed by atoms with Crippen LogP contribution in [0.5, 0.6) is 0 Å². The van der Waals surface area contributed by atoms with Crippen LogP contribution < -0.4 is 0 Å². The smallest absolute Gasteiger partial charge is 0.305 e. The van der Waals surface area contributed by atoms with E-state index in [0.29, 0.717) is 13.0 Å². The van der Waals surface area contributed by atoms with Gasteiger partial charge < -0.3 is 4.74 Å². The molecule has 0 aromatic rings. The first-order valence-electron chi connectivity index (χ1n) is 6.05. The number of ether oxygens (including phenoxy) is 1. The zero-order valence-corrected chi connectivity index (χ0v) is 10.4. The summed E-state index contributed by atoms with van der Waals surface area (Å²) in [5.41, 5.74) is 0. The maximum absolute atomic E-state index is 11.5. The number of likely N-dealkylation sites (tertiary alicyclic amines) is 1. The highest BCUT2D eigenvalue weighted by Crippen LogP contribution is 2.12. The maximum atomic E-state index is 11.5. The third-order valence-corrected chi connectivity index (χ3v) is 2.63. The van der Waals surface area contributed by atoms with Crippen molar-refractivity contribution in [3.05, 3.63) is 0 Å². The Morgan fingerprint density at radius 2 is 1.78 bits per heavy atom. The zero-order chi connectivity index (χ0) is 13.5. The van der Waals surface area contributed by atoms with E-state index in [1.165, 1.54) is 0 Å². The van der Waals surface area contributed by atoms with Gasteiger partial charge in [-0.15, -0.1) is 0 Å². The Morgan fingerprint density at radius 3 is 2.33 bits per heavy atom. The van der Waals surface area contributed by atoms with Crippen LogP contribution in [0.3, 0.4) is 0 Å². The van der Waals surface area contributed by atoms with Gasteiger partial charge in [0.25, 0.3) is 0 Å². The summed E-state index contributed by atoms with van der Waals surface area (Å²) in [6.07, 6.45) is 1.12. The Labute approximate surface area is 105 Å². The van der Waals surface area contributed by atoms with Crippen molar-refractivity contribution in [2.75, 3.05) is 13.2 Å². The largest absolute Gasteiger partial charge is 0.466 e. The molecule has 1 saturated heterocycles. The Hall–Kier alpha value is -1.72. The third kappa shape index (κ3) is 4.27. The predicted molar refractivity (Wildman–Crippen MR) is 61.4 cm³/mol. The van der Waals surface area contributed by atoms with Gasteiger partial charge in [0.15, 0.2) is 5.78 Å². The molecular weight excluding hydrogens is 238 g/mol. The van der Waals surface area contributed by atoms with Crippen molar-refractivity contribution in [2.24, 2.45) is 0 Å². The minimum Gasteiger partial charge on any atom is -0.466 e. The van der Waals surface area contributed by atoms with Crippen molar-refractivity contribution in [1.82, 2.24) is 4.90 Å². The second-order valence-corrected chi connectivity index (χ2v) is 4.07. The van der Waals surface area contributed by atoms with E-state index in [9.17, 15) is 19.2 Å². The number of rotatable bonds is 7. The van der Waals surface area contributed by atoms with Gasteiger partial charge in [-0.05, 0) is 13.3 Å². The van der Waals surface area contributed by atoms with Crippen LogP contribution in [0.2, 0.25) is 0 Å². The molecule has 0 bridgehead atoms. The van der Waals surface area contributed by atoms with Gasteiger partial charge in [-0.2, -0.15) is 0 Å². The second kappa shape index (κ2) is 6.88. The van der Waals surface area contributed by atoms with Crippen molar-refractivity contribution < 1.29 is 23.9 Å². The van der Waals surface area contributed by atoms with Gasteiger partial charge >= 0.3 is 5.97 Å². The highest BCUT2D eigenvalue weighted by Gasteiger charge is 2.30. The van der Waals surface area contributed by atoms with Crippen LogP contribution in [0.1, 0.15) is 39.0 Å². The van der Waals surface area contributed by atoms with Crippen LogP contribution in [0.25, 0.3) is 0 Å². The van der Waals surface area contributed by atoms with E-state index in [-0.39, 0.29) is 55.8 Å². The quantitative estimate of drug-likeness (QED) is 0.487. The summed E-state index contributed by atoms with van der Waals surface area (Å²) in [7, 11) is 0. The zero-order valence-electron chi connectivity index (χ0n) is 10.4. The number of hydrogen-bond donors (Lipinski definition) is 0. The number of carbonyl (C=O) groups is 4. The van der Waals surface area contributed by atoms with Crippen molar-refractivity contribution in [1.29, 1.82) is 0 Å². The first-order valence-corrected chi connectivity index (χ1v) is 6.05. The third-order valence-electron chi connectivity index (χ3n) is 2.63. The topological polar surface area (TPSA) is 80.8 Å². The van der Waals surface area contributed by atoms with E-state index < -0.39 is 0 Å². The summed E-state index contributed by atoms with van der Waals surface area (Å²) in [5, 5.41) is 0. The number of ketones is 1. The molecule has 100 valence electrons. The molecule has 0 saturated carbocycles. The molecule has 1 rings (SSSR count). The van der Waals surface area contributed by atoms with Gasteiger partial charge in [0.05, 0.1) is 13.2 Å². The Bertz CT molecular complexity index is 347. The van der Waals surface area contributed by atoms with Gasteiger partial charge in [0.2, 0.25) is 11.8 Å². The molecular formula is C12H17NO5. The van der Waals surface area contributed by atoms with E-state index in [1.807, 2.05) is 0 Å². The van der Waals surface area contributed by atoms with Crippen molar-refractivity contribution in [2.45, 2.75) is 39.0 Å². The van der Waals surface area contributed by atoms with E-state index in [2.05, 4.69) is 0 Å². The number of imide groups is 1. The molecule has 1 aliphatic rings. The average Bonchev–Trinajstić information content (AvgIpc) is 2.61. The molecule has 0 N–H and O–H groups in total. The van der Waals surface area contributed by atoms with Gasteiger partial charge in [-0.1, -0.05) is 0 Å². The van der Waals surface area contributed by atoms with Crippen molar-refractivity contribution in [3.8, 4) is 0 Å². The lowest BCUT2D eigenvalue weighted by Gasteiger charge is -2.12. The fourth-order valence-electron chi connectivity index (χ4n) is 1.72. The monoisotopic (exact) mass is 255 g/mol. The summed E-state index contributed by atoms with van der Waals surface area (Å²) >= 11 is 0. The molecule has 2 amide bonds. The molecule has 0 atom stereocenters. The number of carbonyl (C=O) groups excluding carboxylic acids is 4. The molecule has 1 fully saturated rings. The van der Waals surface area contributed by atoms with Gasteiger partial charge in [0, 0.05) is 25.7 Å². The molecule has 0 unspecified atom stereocenters. The number of hydrogen-bond acceptors (Lipinski definition) is 5. The van der Waals surface area contributed by atoms with Gasteiger partial charge in [0.1, 0.15) is 0 Å². The van der Waals surface area contributed by atoms with Crippen LogP contribution >= 0.6 is 0 Å². The average molecular weight is 255 g/mol. The Morgan fingerprint density at radius 1 is 1.17 bits per heavy atom. The summed E-state index contributed by atoms with van der Waals surface area (Å²) < 4.78 is 4.72. The van der Waals surface area contributed by atoms with E-state index in [0.717, 1.165) is 4.90 Å². The SMILES string of the molecule is CCOC(=O)CCCC(=O)CN1C(=O)CCC1=O. The normalized spacial score (nSPS) is 15.1.